The van der Waals surface area contributed by atoms with Crippen LogP contribution in [-0.4, -0.2) is 16.8 Å². The third-order valence-corrected chi connectivity index (χ3v) is 3.96. The van der Waals surface area contributed by atoms with Crippen LogP contribution < -0.4 is 10.9 Å². The molecule has 0 atom stereocenters. The van der Waals surface area contributed by atoms with Crippen LogP contribution >= 0.6 is 11.6 Å². The first-order valence-electron chi connectivity index (χ1n) is 7.53. The number of hydrogen-bond donors (Lipinski definition) is 3. The van der Waals surface area contributed by atoms with Crippen molar-refractivity contribution in [2.24, 2.45) is 0 Å². The summed E-state index contributed by atoms with van der Waals surface area (Å²) in [5.74, 6) is -0.606. The molecule has 3 aromatic rings. The minimum atomic E-state index is -0.354. The van der Waals surface area contributed by atoms with E-state index in [1.54, 1.807) is 18.3 Å². The van der Waals surface area contributed by atoms with Crippen molar-refractivity contribution in [3.63, 3.8) is 0 Å². The van der Waals surface area contributed by atoms with Gasteiger partial charge in [-0.3, -0.25) is 20.4 Å². The zero-order valence-corrected chi connectivity index (χ0v) is 13.6. The van der Waals surface area contributed by atoms with Gasteiger partial charge in [-0.05, 0) is 30.2 Å². The number of fused-ring (bicyclic) bond motifs is 1. The van der Waals surface area contributed by atoms with Crippen molar-refractivity contribution in [1.82, 2.24) is 15.8 Å². The molecule has 3 rings (SSSR count). The van der Waals surface area contributed by atoms with Crippen molar-refractivity contribution < 1.29 is 9.59 Å². The smallest absolute Gasteiger partial charge is 0.271 e. The summed E-state index contributed by atoms with van der Waals surface area (Å²) in [7, 11) is 0. The fourth-order valence-electron chi connectivity index (χ4n) is 2.42. The molecule has 0 bridgehead atoms. The molecule has 0 aliphatic heterocycles. The second-order valence-corrected chi connectivity index (χ2v) is 5.81. The van der Waals surface area contributed by atoms with Gasteiger partial charge in [0.1, 0.15) is 0 Å². The maximum absolute atomic E-state index is 12.2. The Balaban J connectivity index is 1.52. The zero-order chi connectivity index (χ0) is 16.9. The molecular weight excluding hydrogens is 326 g/mol. The summed E-state index contributed by atoms with van der Waals surface area (Å²) in [6.45, 7) is 0. The van der Waals surface area contributed by atoms with E-state index in [0.717, 1.165) is 16.5 Å². The molecule has 2 aromatic carbocycles. The molecule has 0 fully saturated rings. The van der Waals surface area contributed by atoms with Gasteiger partial charge in [0.15, 0.2) is 0 Å². The Morgan fingerprint density at radius 2 is 1.75 bits per heavy atom. The first kappa shape index (κ1) is 16.1. The van der Waals surface area contributed by atoms with E-state index < -0.39 is 0 Å². The molecule has 1 aromatic heterocycles. The van der Waals surface area contributed by atoms with Gasteiger partial charge < -0.3 is 4.98 Å². The number of H-pyrrole nitrogens is 1. The van der Waals surface area contributed by atoms with Crippen LogP contribution in [-0.2, 0) is 11.2 Å². The normalized spacial score (nSPS) is 10.5. The first-order valence-corrected chi connectivity index (χ1v) is 7.91. The van der Waals surface area contributed by atoms with Gasteiger partial charge in [0.05, 0.1) is 5.56 Å². The number of aryl methyl sites for hydroxylation is 1. The summed E-state index contributed by atoms with van der Waals surface area (Å²) in [6.07, 6.45) is 2.47. The number of carbonyl (C=O) groups excluding carboxylic acids is 2. The maximum Gasteiger partial charge on any atom is 0.271 e. The number of benzene rings is 2. The van der Waals surface area contributed by atoms with Gasteiger partial charge in [-0.2, -0.15) is 0 Å². The highest BCUT2D eigenvalue weighted by molar-refractivity contribution is 6.30. The van der Waals surface area contributed by atoms with Gasteiger partial charge >= 0.3 is 0 Å². The lowest BCUT2D eigenvalue weighted by molar-refractivity contribution is -0.121. The standard InChI is InChI=1S/C18H16ClN3O2/c19-13-8-5-12(6-9-13)7-10-17(23)21-22-18(24)15-11-20-16-4-2-1-3-14(15)16/h1-6,8-9,11,20H,7,10H2,(H,21,23)(H,22,24). The average Bonchev–Trinajstić information content (AvgIpc) is 3.03. The number of para-hydroxylation sites is 1. The number of aromatic nitrogens is 1. The molecule has 5 nitrogen and oxygen atoms in total. The zero-order valence-electron chi connectivity index (χ0n) is 12.8. The number of nitrogens with one attached hydrogen (secondary N) is 3. The highest BCUT2D eigenvalue weighted by Crippen LogP contribution is 2.17. The molecule has 6 heteroatoms. The summed E-state index contributed by atoms with van der Waals surface area (Å²) in [5.41, 5.74) is 7.25. The Morgan fingerprint density at radius 1 is 1.00 bits per heavy atom. The van der Waals surface area contributed by atoms with Crippen molar-refractivity contribution in [3.8, 4) is 0 Å². The number of amides is 2. The molecule has 0 unspecified atom stereocenters. The summed E-state index contributed by atoms with van der Waals surface area (Å²) in [5, 5.41) is 1.47. The van der Waals surface area contributed by atoms with Crippen LogP contribution in [0, 0.1) is 0 Å². The molecule has 1 heterocycles. The maximum atomic E-state index is 12.2. The predicted octanol–water partition coefficient (Wildman–Crippen LogP) is 3.22. The van der Waals surface area contributed by atoms with Gasteiger partial charge in [-0.25, -0.2) is 0 Å². The van der Waals surface area contributed by atoms with Crippen LogP contribution in [0.4, 0.5) is 0 Å². The van der Waals surface area contributed by atoms with Crippen LogP contribution in [0.3, 0.4) is 0 Å². The minimum Gasteiger partial charge on any atom is -0.360 e. The number of halogens is 1. The highest BCUT2D eigenvalue weighted by atomic mass is 35.5. The first-order chi connectivity index (χ1) is 11.6. The van der Waals surface area contributed by atoms with Crippen molar-refractivity contribution in [2.45, 2.75) is 12.8 Å². The molecule has 24 heavy (non-hydrogen) atoms. The van der Waals surface area contributed by atoms with Crippen LogP contribution in [0.5, 0.6) is 0 Å². The van der Waals surface area contributed by atoms with Crippen molar-refractivity contribution in [1.29, 1.82) is 0 Å². The molecule has 0 aliphatic rings. The van der Waals surface area contributed by atoms with E-state index in [2.05, 4.69) is 15.8 Å². The topological polar surface area (TPSA) is 74.0 Å². The summed E-state index contributed by atoms with van der Waals surface area (Å²) < 4.78 is 0. The van der Waals surface area contributed by atoms with Crippen LogP contribution in [0.1, 0.15) is 22.3 Å². The third kappa shape index (κ3) is 3.75. The average molecular weight is 342 g/mol. The third-order valence-electron chi connectivity index (χ3n) is 3.70. The molecule has 2 amide bonds. The van der Waals surface area contributed by atoms with E-state index in [1.165, 1.54) is 0 Å². The quantitative estimate of drug-likeness (QED) is 0.637. The van der Waals surface area contributed by atoms with E-state index >= 15 is 0 Å². The van der Waals surface area contributed by atoms with Crippen molar-refractivity contribution >= 4 is 34.3 Å². The van der Waals surface area contributed by atoms with E-state index in [1.807, 2.05) is 36.4 Å². The fourth-order valence-corrected chi connectivity index (χ4v) is 2.55. The van der Waals surface area contributed by atoms with Gasteiger partial charge in [-0.1, -0.05) is 41.9 Å². The number of hydrogen-bond acceptors (Lipinski definition) is 2. The van der Waals surface area contributed by atoms with Gasteiger partial charge in [0.25, 0.3) is 5.91 Å². The molecule has 0 radical (unpaired) electrons. The summed E-state index contributed by atoms with van der Waals surface area (Å²) in [4.78, 5) is 27.1. The van der Waals surface area contributed by atoms with Crippen molar-refractivity contribution in [3.05, 3.63) is 70.9 Å². The SMILES string of the molecule is O=C(CCc1ccc(Cl)cc1)NNC(=O)c1c[nH]c2ccccc12. The molecule has 3 N–H and O–H groups in total. The number of aromatic amines is 1. The van der Waals surface area contributed by atoms with Crippen LogP contribution in [0.2, 0.25) is 5.02 Å². The Morgan fingerprint density at radius 3 is 2.54 bits per heavy atom. The second-order valence-electron chi connectivity index (χ2n) is 5.38. The van der Waals surface area contributed by atoms with Crippen LogP contribution in [0.25, 0.3) is 10.9 Å². The fraction of sp³-hybridized carbons (Fsp3) is 0.111. The van der Waals surface area contributed by atoms with Crippen LogP contribution in [0.15, 0.2) is 54.7 Å². The number of rotatable bonds is 4. The number of hydrazine groups is 1. The second kappa shape index (κ2) is 7.19. The van der Waals surface area contributed by atoms with Gasteiger partial charge in [0, 0.05) is 28.5 Å². The summed E-state index contributed by atoms with van der Waals surface area (Å²) in [6, 6.07) is 14.8. The Bertz CT molecular complexity index is 871. The van der Waals surface area contributed by atoms with Crippen molar-refractivity contribution in [2.75, 3.05) is 0 Å². The van der Waals surface area contributed by atoms with E-state index in [0.29, 0.717) is 17.0 Å². The molecular formula is C18H16ClN3O2. The minimum absolute atomic E-state index is 0.252. The molecule has 0 aliphatic carbocycles. The Kier molecular flexibility index (Phi) is 4.82. The Hall–Kier alpha value is -2.79. The highest BCUT2D eigenvalue weighted by Gasteiger charge is 2.12. The summed E-state index contributed by atoms with van der Waals surface area (Å²) >= 11 is 5.82. The molecule has 0 spiro atoms. The predicted molar refractivity (Wildman–Crippen MR) is 93.7 cm³/mol. The lowest BCUT2D eigenvalue weighted by atomic mass is 10.1. The Labute approximate surface area is 144 Å². The molecule has 122 valence electrons. The monoisotopic (exact) mass is 341 g/mol. The van der Waals surface area contributed by atoms with Gasteiger partial charge in [0.2, 0.25) is 5.91 Å². The van der Waals surface area contributed by atoms with E-state index in [9.17, 15) is 9.59 Å². The van der Waals surface area contributed by atoms with E-state index in [4.69, 9.17) is 11.6 Å². The molecule has 0 saturated carbocycles. The van der Waals surface area contributed by atoms with Gasteiger partial charge in [-0.15, -0.1) is 0 Å². The lowest BCUT2D eigenvalue weighted by Crippen LogP contribution is -2.41. The number of carbonyl (C=O) groups is 2. The van der Waals surface area contributed by atoms with E-state index in [-0.39, 0.29) is 18.2 Å². The molecule has 0 saturated heterocycles. The largest absolute Gasteiger partial charge is 0.360 e. The lowest BCUT2D eigenvalue weighted by Gasteiger charge is -2.07.